The van der Waals surface area contributed by atoms with Gasteiger partial charge >= 0.3 is 5.97 Å². The molecule has 0 unspecified atom stereocenters. The maximum atomic E-state index is 11.8. The fourth-order valence-corrected chi connectivity index (χ4v) is 2.77. The van der Waals surface area contributed by atoms with Gasteiger partial charge in [-0.25, -0.2) is 4.79 Å². The summed E-state index contributed by atoms with van der Waals surface area (Å²) in [5.74, 6) is 0.403. The largest absolute Gasteiger partial charge is 0.488 e. The van der Waals surface area contributed by atoms with E-state index in [9.17, 15) is 4.79 Å². The van der Waals surface area contributed by atoms with Gasteiger partial charge in [0.1, 0.15) is 12.4 Å². The van der Waals surface area contributed by atoms with Crippen LogP contribution in [0.1, 0.15) is 33.5 Å². The molecule has 0 bridgehead atoms. The Morgan fingerprint density at radius 2 is 2.09 bits per heavy atom. The number of fused-ring (bicyclic) bond motifs is 2. The van der Waals surface area contributed by atoms with Gasteiger partial charge in [-0.15, -0.1) is 0 Å². The zero-order valence-corrected chi connectivity index (χ0v) is 13.0. The molecule has 4 nitrogen and oxygen atoms in total. The van der Waals surface area contributed by atoms with Crippen molar-refractivity contribution in [3.8, 4) is 5.75 Å². The number of ether oxygens (including phenoxy) is 2. The maximum absolute atomic E-state index is 11.8. The van der Waals surface area contributed by atoms with Crippen LogP contribution in [0.25, 0.3) is 5.57 Å². The number of methoxy groups -OCH3 is 1. The fraction of sp³-hybridized carbons (Fsp3) is 0.211. The van der Waals surface area contributed by atoms with E-state index in [1.165, 1.54) is 7.11 Å². The highest BCUT2D eigenvalue weighted by Gasteiger charge is 2.20. The molecule has 1 aliphatic rings. The number of nitrogens with two attached hydrogens (primary N) is 1. The number of hydrogen-bond acceptors (Lipinski definition) is 4. The molecule has 3 rings (SSSR count). The van der Waals surface area contributed by atoms with Crippen molar-refractivity contribution < 1.29 is 14.3 Å². The van der Waals surface area contributed by atoms with Gasteiger partial charge < -0.3 is 15.2 Å². The molecule has 1 heterocycles. The Balaban J connectivity index is 2.18. The molecule has 0 spiro atoms. The van der Waals surface area contributed by atoms with Crippen molar-refractivity contribution in [3.63, 3.8) is 0 Å². The van der Waals surface area contributed by atoms with Crippen LogP contribution in [0.2, 0.25) is 0 Å². The fourth-order valence-electron chi connectivity index (χ4n) is 2.77. The van der Waals surface area contributed by atoms with Crippen LogP contribution in [0.15, 0.2) is 48.5 Å². The normalized spacial score (nSPS) is 14.4. The highest BCUT2D eigenvalue weighted by atomic mass is 16.5. The third kappa shape index (κ3) is 2.98. The predicted octanol–water partition coefficient (Wildman–Crippen LogP) is 3.15. The van der Waals surface area contributed by atoms with Crippen LogP contribution in [0, 0.1) is 0 Å². The van der Waals surface area contributed by atoms with Gasteiger partial charge in [0, 0.05) is 5.56 Å². The highest BCUT2D eigenvalue weighted by Crippen LogP contribution is 2.37. The summed E-state index contributed by atoms with van der Waals surface area (Å²) < 4.78 is 10.8. The second-order valence-electron chi connectivity index (χ2n) is 5.34. The van der Waals surface area contributed by atoms with Gasteiger partial charge in [0.25, 0.3) is 0 Å². The SMILES string of the molecule is COC(=O)c1ccc2c(c1)C(=CCCN)c1ccccc1CO2. The van der Waals surface area contributed by atoms with E-state index < -0.39 is 0 Å². The zero-order valence-electron chi connectivity index (χ0n) is 13.0. The monoisotopic (exact) mass is 309 g/mol. The number of rotatable bonds is 3. The van der Waals surface area contributed by atoms with Crippen LogP contribution >= 0.6 is 0 Å². The van der Waals surface area contributed by atoms with Crippen LogP contribution in [-0.2, 0) is 11.3 Å². The van der Waals surface area contributed by atoms with Crippen molar-refractivity contribution in [1.29, 1.82) is 0 Å². The van der Waals surface area contributed by atoms with Crippen LogP contribution in [0.4, 0.5) is 0 Å². The van der Waals surface area contributed by atoms with Crippen LogP contribution in [0.3, 0.4) is 0 Å². The van der Waals surface area contributed by atoms with Gasteiger partial charge in [0.15, 0.2) is 0 Å². The first kappa shape index (κ1) is 15.3. The second kappa shape index (κ2) is 6.67. The van der Waals surface area contributed by atoms with Crippen LogP contribution in [-0.4, -0.2) is 19.6 Å². The molecule has 0 saturated heterocycles. The summed E-state index contributed by atoms with van der Waals surface area (Å²) >= 11 is 0. The van der Waals surface area contributed by atoms with E-state index in [4.69, 9.17) is 15.2 Å². The van der Waals surface area contributed by atoms with Crippen molar-refractivity contribution in [2.24, 2.45) is 5.73 Å². The summed E-state index contributed by atoms with van der Waals surface area (Å²) in [6.45, 7) is 1.07. The number of esters is 1. The van der Waals surface area contributed by atoms with Gasteiger partial charge in [-0.2, -0.15) is 0 Å². The predicted molar refractivity (Wildman–Crippen MR) is 89.3 cm³/mol. The first-order chi connectivity index (χ1) is 11.2. The minimum atomic E-state index is -0.358. The van der Waals surface area contributed by atoms with Crippen molar-refractivity contribution >= 4 is 11.5 Å². The van der Waals surface area contributed by atoms with Crippen molar-refractivity contribution in [2.45, 2.75) is 13.0 Å². The molecular weight excluding hydrogens is 290 g/mol. The summed E-state index contributed by atoms with van der Waals surface area (Å²) in [7, 11) is 1.38. The number of carbonyl (C=O) groups excluding carboxylic acids is 1. The molecule has 0 amide bonds. The van der Waals surface area contributed by atoms with Gasteiger partial charge in [-0.05, 0) is 47.9 Å². The Labute approximate surface area is 135 Å². The highest BCUT2D eigenvalue weighted by molar-refractivity contribution is 5.93. The minimum Gasteiger partial charge on any atom is -0.488 e. The van der Waals surface area contributed by atoms with E-state index in [0.29, 0.717) is 18.7 Å². The third-order valence-corrected chi connectivity index (χ3v) is 3.90. The Morgan fingerprint density at radius 3 is 2.87 bits per heavy atom. The molecule has 0 radical (unpaired) electrons. The molecule has 0 saturated carbocycles. The van der Waals surface area contributed by atoms with Crippen LogP contribution < -0.4 is 10.5 Å². The van der Waals surface area contributed by atoms with Crippen molar-refractivity contribution in [3.05, 3.63) is 70.8 Å². The zero-order chi connectivity index (χ0) is 16.2. The van der Waals surface area contributed by atoms with E-state index in [-0.39, 0.29) is 5.97 Å². The topological polar surface area (TPSA) is 61.5 Å². The summed E-state index contributed by atoms with van der Waals surface area (Å²) in [4.78, 5) is 11.8. The Kier molecular flexibility index (Phi) is 4.44. The molecular formula is C19H19NO3. The molecule has 4 heteroatoms. The second-order valence-corrected chi connectivity index (χ2v) is 5.34. The van der Waals surface area contributed by atoms with Gasteiger partial charge in [0.05, 0.1) is 12.7 Å². The third-order valence-electron chi connectivity index (χ3n) is 3.90. The molecule has 2 aromatic rings. The summed E-state index contributed by atoms with van der Waals surface area (Å²) in [5, 5.41) is 0. The van der Waals surface area contributed by atoms with Gasteiger partial charge in [0.2, 0.25) is 0 Å². The standard InChI is InChI=1S/C19H19NO3/c1-22-19(21)13-8-9-18-17(11-13)16(7-4-10-20)15-6-3-2-5-14(15)12-23-18/h2-3,5-9,11H,4,10,12,20H2,1H3. The molecule has 0 aliphatic carbocycles. The molecule has 2 aromatic carbocycles. The molecule has 2 N–H and O–H groups in total. The van der Waals surface area contributed by atoms with Crippen molar-refractivity contribution in [1.82, 2.24) is 0 Å². The van der Waals surface area contributed by atoms with E-state index >= 15 is 0 Å². The van der Waals surface area contributed by atoms with Crippen molar-refractivity contribution in [2.75, 3.05) is 13.7 Å². The van der Waals surface area contributed by atoms with E-state index in [1.807, 2.05) is 24.3 Å². The molecule has 118 valence electrons. The molecule has 0 atom stereocenters. The number of hydrogen-bond donors (Lipinski definition) is 1. The Morgan fingerprint density at radius 1 is 1.26 bits per heavy atom. The molecule has 0 fully saturated rings. The summed E-state index contributed by atoms with van der Waals surface area (Å²) in [6, 6.07) is 13.5. The van der Waals surface area contributed by atoms with E-state index in [2.05, 4.69) is 18.2 Å². The average molecular weight is 309 g/mol. The molecule has 1 aliphatic heterocycles. The van der Waals surface area contributed by atoms with E-state index in [0.717, 1.165) is 34.4 Å². The number of carbonyl (C=O) groups is 1. The quantitative estimate of drug-likeness (QED) is 0.885. The average Bonchev–Trinajstić information content (AvgIpc) is 2.75. The van der Waals surface area contributed by atoms with E-state index in [1.54, 1.807) is 6.07 Å². The lowest BCUT2D eigenvalue weighted by molar-refractivity contribution is 0.0600. The lowest BCUT2D eigenvalue weighted by atomic mass is 9.92. The Hall–Kier alpha value is -2.59. The molecule has 23 heavy (non-hydrogen) atoms. The Bertz CT molecular complexity index is 765. The summed E-state index contributed by atoms with van der Waals surface area (Å²) in [5.41, 5.74) is 10.4. The minimum absolute atomic E-state index is 0.358. The summed E-state index contributed by atoms with van der Waals surface area (Å²) in [6.07, 6.45) is 2.86. The first-order valence-electron chi connectivity index (χ1n) is 7.58. The lowest BCUT2D eigenvalue weighted by Crippen LogP contribution is -2.03. The number of benzene rings is 2. The van der Waals surface area contributed by atoms with Gasteiger partial charge in [-0.3, -0.25) is 0 Å². The molecule has 0 aromatic heterocycles. The lowest BCUT2D eigenvalue weighted by Gasteiger charge is -2.12. The maximum Gasteiger partial charge on any atom is 0.337 e. The van der Waals surface area contributed by atoms with Crippen LogP contribution in [0.5, 0.6) is 5.75 Å². The smallest absolute Gasteiger partial charge is 0.337 e. The first-order valence-corrected chi connectivity index (χ1v) is 7.58. The van der Waals surface area contributed by atoms with Gasteiger partial charge in [-0.1, -0.05) is 30.3 Å².